The summed E-state index contributed by atoms with van der Waals surface area (Å²) in [5.41, 5.74) is 2.55. The maximum atomic E-state index is 2.12. The molecule has 2 rings (SSSR count). The predicted octanol–water partition coefficient (Wildman–Crippen LogP) is 0.358. The molecule has 0 N–H and O–H groups in total. The van der Waals surface area contributed by atoms with Crippen molar-refractivity contribution in [3.8, 4) is 11.1 Å². The third kappa shape index (κ3) is 2.56. The van der Waals surface area contributed by atoms with Crippen molar-refractivity contribution in [2.24, 2.45) is 0 Å². The van der Waals surface area contributed by atoms with Crippen LogP contribution in [0, 0.1) is 0 Å². The predicted molar refractivity (Wildman–Crippen MR) is 51.9 cm³/mol. The van der Waals surface area contributed by atoms with Gasteiger partial charge in [-0.25, -0.2) is 0 Å². The largest absolute Gasteiger partial charge is 1.00 e. The fraction of sp³-hybridized carbons (Fsp3) is 0. The zero-order chi connectivity index (χ0) is 8.23. The second-order valence-corrected chi connectivity index (χ2v) is 2.73. The van der Waals surface area contributed by atoms with Gasteiger partial charge in [0, 0.05) is 0 Å². The molecule has 0 unspecified atom stereocenters. The van der Waals surface area contributed by atoms with Gasteiger partial charge in [0.05, 0.1) is 0 Å². The fourth-order valence-electron chi connectivity index (χ4n) is 1.26. The van der Waals surface area contributed by atoms with Gasteiger partial charge in [-0.1, -0.05) is 60.7 Å². The number of rotatable bonds is 1. The standard InChI is InChI=1S/C12H10.HI/c1-3-7-11(8-4-1)12-9-5-2-6-10-12;/h1-10H;1H/p-1. The van der Waals surface area contributed by atoms with Crippen LogP contribution in [-0.4, -0.2) is 0 Å². The molecule has 66 valence electrons. The molecule has 0 amide bonds. The number of hydrogen-bond donors (Lipinski definition) is 0. The van der Waals surface area contributed by atoms with Crippen molar-refractivity contribution in [1.29, 1.82) is 0 Å². The molecule has 0 aliphatic carbocycles. The van der Waals surface area contributed by atoms with E-state index in [9.17, 15) is 0 Å². The molecule has 0 nitrogen and oxygen atoms in total. The zero-order valence-corrected chi connectivity index (χ0v) is 9.31. The molecule has 0 spiro atoms. The lowest BCUT2D eigenvalue weighted by atomic mass is 10.1. The van der Waals surface area contributed by atoms with Gasteiger partial charge < -0.3 is 24.0 Å². The summed E-state index contributed by atoms with van der Waals surface area (Å²) in [5.74, 6) is 0. The minimum Gasteiger partial charge on any atom is -1.00 e. The topological polar surface area (TPSA) is 0 Å². The molecular weight excluding hydrogens is 271 g/mol. The van der Waals surface area contributed by atoms with Crippen LogP contribution in [0.25, 0.3) is 11.1 Å². The third-order valence-corrected chi connectivity index (χ3v) is 1.88. The SMILES string of the molecule is [I-].c1ccc(-c2ccccc2)cc1. The molecule has 13 heavy (non-hydrogen) atoms. The summed E-state index contributed by atoms with van der Waals surface area (Å²) in [6.45, 7) is 0. The van der Waals surface area contributed by atoms with E-state index in [1.54, 1.807) is 0 Å². The van der Waals surface area contributed by atoms with Crippen LogP contribution in [0.2, 0.25) is 0 Å². The van der Waals surface area contributed by atoms with E-state index in [0.717, 1.165) is 0 Å². The Morgan fingerprint density at radius 3 is 1.08 bits per heavy atom. The number of hydrogen-bond acceptors (Lipinski definition) is 0. The Morgan fingerprint density at radius 2 is 0.769 bits per heavy atom. The molecule has 2 aromatic rings. The molecule has 0 heterocycles. The molecule has 0 aliphatic rings. The first-order chi connectivity index (χ1) is 5.97. The molecule has 0 aliphatic heterocycles. The average molecular weight is 281 g/mol. The first-order valence-electron chi connectivity index (χ1n) is 4.07. The van der Waals surface area contributed by atoms with E-state index in [4.69, 9.17) is 0 Å². The van der Waals surface area contributed by atoms with Crippen molar-refractivity contribution in [1.82, 2.24) is 0 Å². The highest BCUT2D eigenvalue weighted by molar-refractivity contribution is 5.62. The van der Waals surface area contributed by atoms with Crippen molar-refractivity contribution in [2.75, 3.05) is 0 Å². The van der Waals surface area contributed by atoms with Gasteiger partial charge >= 0.3 is 0 Å². The van der Waals surface area contributed by atoms with Gasteiger partial charge in [0.1, 0.15) is 0 Å². The lowest BCUT2D eigenvalue weighted by molar-refractivity contribution is -0.00000232. The van der Waals surface area contributed by atoms with Crippen molar-refractivity contribution in [3.63, 3.8) is 0 Å². The summed E-state index contributed by atoms with van der Waals surface area (Å²) < 4.78 is 0. The highest BCUT2D eigenvalue weighted by atomic mass is 127. The molecule has 0 saturated heterocycles. The Bertz CT molecular complexity index is 303. The molecule has 0 aromatic heterocycles. The second-order valence-electron chi connectivity index (χ2n) is 2.73. The van der Waals surface area contributed by atoms with Crippen LogP contribution in [0.4, 0.5) is 0 Å². The fourth-order valence-corrected chi connectivity index (χ4v) is 1.26. The van der Waals surface area contributed by atoms with Crippen LogP contribution < -0.4 is 24.0 Å². The van der Waals surface area contributed by atoms with Crippen LogP contribution in [0.15, 0.2) is 60.7 Å². The van der Waals surface area contributed by atoms with Gasteiger partial charge in [-0.15, -0.1) is 0 Å². The van der Waals surface area contributed by atoms with E-state index in [0.29, 0.717) is 0 Å². The summed E-state index contributed by atoms with van der Waals surface area (Å²) in [5, 5.41) is 0. The maximum Gasteiger partial charge on any atom is -0.0184 e. The molecule has 0 atom stereocenters. The smallest absolute Gasteiger partial charge is 0.0184 e. The molecule has 1 heteroatoms. The van der Waals surface area contributed by atoms with Gasteiger partial charge in [0.25, 0.3) is 0 Å². The quantitative estimate of drug-likeness (QED) is 0.662. The Kier molecular flexibility index (Phi) is 3.96. The Hall–Kier alpha value is -0.830. The van der Waals surface area contributed by atoms with Crippen molar-refractivity contribution < 1.29 is 24.0 Å². The lowest BCUT2D eigenvalue weighted by Crippen LogP contribution is -3.00. The summed E-state index contributed by atoms with van der Waals surface area (Å²) in [4.78, 5) is 0. The highest BCUT2D eigenvalue weighted by Gasteiger charge is 1.91. The van der Waals surface area contributed by atoms with Gasteiger partial charge in [0.2, 0.25) is 0 Å². The van der Waals surface area contributed by atoms with E-state index in [-0.39, 0.29) is 24.0 Å². The molecule has 0 radical (unpaired) electrons. The Labute approximate surface area is 95.6 Å². The first-order valence-corrected chi connectivity index (χ1v) is 4.07. The van der Waals surface area contributed by atoms with Gasteiger partial charge in [-0.05, 0) is 11.1 Å². The molecule has 2 aromatic carbocycles. The van der Waals surface area contributed by atoms with Crippen LogP contribution in [-0.2, 0) is 0 Å². The summed E-state index contributed by atoms with van der Waals surface area (Å²) in [6.07, 6.45) is 0. The number of halogens is 1. The second kappa shape index (κ2) is 5.02. The third-order valence-electron chi connectivity index (χ3n) is 1.88. The minimum atomic E-state index is 0. The van der Waals surface area contributed by atoms with Crippen LogP contribution in [0.5, 0.6) is 0 Å². The molecule has 0 saturated carbocycles. The average Bonchev–Trinajstić information content (AvgIpc) is 2.21. The van der Waals surface area contributed by atoms with Gasteiger partial charge in [-0.2, -0.15) is 0 Å². The van der Waals surface area contributed by atoms with Gasteiger partial charge in [0.15, 0.2) is 0 Å². The van der Waals surface area contributed by atoms with Gasteiger partial charge in [-0.3, -0.25) is 0 Å². The molecule has 0 bridgehead atoms. The van der Waals surface area contributed by atoms with Crippen molar-refractivity contribution in [3.05, 3.63) is 60.7 Å². The van der Waals surface area contributed by atoms with E-state index in [1.807, 2.05) is 12.1 Å². The normalized spacial score (nSPS) is 8.92. The number of benzene rings is 2. The molecular formula is C12H10I-. The Balaban J connectivity index is 0.000000845. The Morgan fingerprint density at radius 1 is 0.462 bits per heavy atom. The van der Waals surface area contributed by atoms with Crippen LogP contribution >= 0.6 is 0 Å². The van der Waals surface area contributed by atoms with E-state index in [1.165, 1.54) is 11.1 Å². The first kappa shape index (κ1) is 10.3. The zero-order valence-electron chi connectivity index (χ0n) is 7.15. The van der Waals surface area contributed by atoms with Crippen LogP contribution in [0.1, 0.15) is 0 Å². The van der Waals surface area contributed by atoms with Crippen molar-refractivity contribution >= 4 is 0 Å². The van der Waals surface area contributed by atoms with E-state index < -0.39 is 0 Å². The van der Waals surface area contributed by atoms with Crippen LogP contribution in [0.3, 0.4) is 0 Å². The molecule has 0 fully saturated rings. The van der Waals surface area contributed by atoms with Crippen molar-refractivity contribution in [2.45, 2.75) is 0 Å². The minimum absolute atomic E-state index is 0. The van der Waals surface area contributed by atoms with E-state index >= 15 is 0 Å². The lowest BCUT2D eigenvalue weighted by Gasteiger charge is -1.98. The summed E-state index contributed by atoms with van der Waals surface area (Å²) in [7, 11) is 0. The summed E-state index contributed by atoms with van der Waals surface area (Å²) in [6, 6.07) is 20.8. The monoisotopic (exact) mass is 281 g/mol. The summed E-state index contributed by atoms with van der Waals surface area (Å²) >= 11 is 0. The van der Waals surface area contributed by atoms with E-state index in [2.05, 4.69) is 48.5 Å². The maximum absolute atomic E-state index is 2.12. The highest BCUT2D eigenvalue weighted by Crippen LogP contribution is 2.17.